The largest absolute Gasteiger partial charge is 0.465 e. The number of carboxylic acid groups (broad SMARTS) is 1. The van der Waals surface area contributed by atoms with Crippen LogP contribution in [0.2, 0.25) is 0 Å². The Morgan fingerprint density at radius 2 is 2.00 bits per heavy atom. The zero-order chi connectivity index (χ0) is 15.2. The molecule has 0 aliphatic carbocycles. The van der Waals surface area contributed by atoms with Crippen LogP contribution in [0.4, 0.5) is 4.79 Å². The van der Waals surface area contributed by atoms with E-state index >= 15 is 0 Å². The maximum absolute atomic E-state index is 11.2. The van der Waals surface area contributed by atoms with Crippen molar-refractivity contribution in [3.63, 3.8) is 0 Å². The molecule has 1 unspecified atom stereocenters. The highest BCUT2D eigenvalue weighted by Crippen LogP contribution is 2.13. The number of benzene rings is 1. The second-order valence-electron chi connectivity index (χ2n) is 5.20. The average molecular weight is 293 g/mol. The Morgan fingerprint density at radius 1 is 1.38 bits per heavy atom. The van der Waals surface area contributed by atoms with Crippen LogP contribution in [0, 0.1) is 10.1 Å². The van der Waals surface area contributed by atoms with Crippen molar-refractivity contribution in [3.8, 4) is 0 Å². The Labute approximate surface area is 122 Å². The van der Waals surface area contributed by atoms with Crippen LogP contribution in [-0.4, -0.2) is 46.3 Å². The highest BCUT2D eigenvalue weighted by Gasteiger charge is 2.28. The number of rotatable bonds is 5. The van der Waals surface area contributed by atoms with Crippen molar-refractivity contribution in [1.29, 1.82) is 0 Å². The van der Waals surface area contributed by atoms with E-state index < -0.39 is 12.3 Å². The van der Waals surface area contributed by atoms with Gasteiger partial charge in [-0.15, -0.1) is 0 Å². The molecule has 0 spiro atoms. The quantitative estimate of drug-likeness (QED) is 0.488. The lowest BCUT2D eigenvalue weighted by molar-refractivity contribution is -0.530. The molecule has 1 aliphatic rings. The summed E-state index contributed by atoms with van der Waals surface area (Å²) in [7, 11) is 0. The van der Waals surface area contributed by atoms with Gasteiger partial charge < -0.3 is 10.0 Å². The van der Waals surface area contributed by atoms with Gasteiger partial charge >= 0.3 is 6.09 Å². The van der Waals surface area contributed by atoms with Gasteiger partial charge in [0, 0.05) is 24.1 Å². The van der Waals surface area contributed by atoms with Gasteiger partial charge in [-0.25, -0.2) is 4.79 Å². The van der Waals surface area contributed by atoms with Gasteiger partial charge in [0.1, 0.15) is 0 Å². The van der Waals surface area contributed by atoms with Gasteiger partial charge in [0.15, 0.2) is 0 Å². The fraction of sp³-hybridized carbons (Fsp3) is 0.500. The molecule has 0 radical (unpaired) electrons. The number of amides is 1. The zero-order valence-electron chi connectivity index (χ0n) is 11.6. The molecule has 0 saturated carbocycles. The lowest BCUT2D eigenvalue weighted by Crippen LogP contribution is -2.50. The van der Waals surface area contributed by atoms with Crippen molar-refractivity contribution in [2.75, 3.05) is 13.1 Å². The molecule has 1 aromatic carbocycles. The van der Waals surface area contributed by atoms with Crippen molar-refractivity contribution >= 4 is 6.09 Å². The molecule has 0 bridgehead atoms. The lowest BCUT2D eigenvalue weighted by atomic mass is 10.0. The molecule has 114 valence electrons. The Balaban J connectivity index is 1.89. The van der Waals surface area contributed by atoms with Crippen LogP contribution in [0.1, 0.15) is 18.4 Å². The van der Waals surface area contributed by atoms with E-state index in [2.05, 4.69) is 5.32 Å². The molecule has 1 amide bonds. The first-order valence-electron chi connectivity index (χ1n) is 6.97. The van der Waals surface area contributed by atoms with E-state index in [4.69, 9.17) is 5.11 Å². The summed E-state index contributed by atoms with van der Waals surface area (Å²) in [4.78, 5) is 23.1. The topological polar surface area (TPSA) is 95.7 Å². The maximum atomic E-state index is 11.2. The summed E-state index contributed by atoms with van der Waals surface area (Å²) >= 11 is 0. The van der Waals surface area contributed by atoms with Gasteiger partial charge in [0.25, 0.3) is 6.17 Å². The number of hydrogen-bond donors (Lipinski definition) is 2. The van der Waals surface area contributed by atoms with Crippen LogP contribution in [0.5, 0.6) is 0 Å². The third-order valence-corrected chi connectivity index (χ3v) is 3.72. The highest BCUT2D eigenvalue weighted by atomic mass is 16.6. The molecule has 1 aromatic rings. The molecule has 2 rings (SSSR count). The number of nitro groups is 1. The van der Waals surface area contributed by atoms with Crippen LogP contribution in [0.25, 0.3) is 0 Å². The van der Waals surface area contributed by atoms with Gasteiger partial charge in [-0.2, -0.15) is 0 Å². The Bertz CT molecular complexity index is 486. The monoisotopic (exact) mass is 293 g/mol. The van der Waals surface area contributed by atoms with Gasteiger partial charge in [-0.3, -0.25) is 15.4 Å². The van der Waals surface area contributed by atoms with Crippen LogP contribution >= 0.6 is 0 Å². The van der Waals surface area contributed by atoms with Gasteiger partial charge in [0.2, 0.25) is 0 Å². The number of hydrogen-bond acceptors (Lipinski definition) is 4. The summed E-state index contributed by atoms with van der Waals surface area (Å²) < 4.78 is 0. The predicted molar refractivity (Wildman–Crippen MR) is 76.7 cm³/mol. The number of likely N-dealkylation sites (tertiary alicyclic amines) is 1. The van der Waals surface area contributed by atoms with E-state index in [-0.39, 0.29) is 11.0 Å². The molecule has 1 heterocycles. The van der Waals surface area contributed by atoms with Crippen molar-refractivity contribution in [2.24, 2.45) is 0 Å². The van der Waals surface area contributed by atoms with Crippen LogP contribution in [0.3, 0.4) is 0 Å². The van der Waals surface area contributed by atoms with E-state index in [1.807, 2.05) is 30.3 Å². The van der Waals surface area contributed by atoms with Crippen molar-refractivity contribution in [3.05, 3.63) is 46.0 Å². The van der Waals surface area contributed by atoms with Crippen molar-refractivity contribution in [2.45, 2.75) is 31.5 Å². The second-order valence-corrected chi connectivity index (χ2v) is 5.20. The molecule has 0 aromatic heterocycles. The molecule has 1 fully saturated rings. The summed E-state index contributed by atoms with van der Waals surface area (Å²) in [5.41, 5.74) is 0.912. The Hall–Kier alpha value is -2.15. The van der Waals surface area contributed by atoms with Crippen LogP contribution in [0.15, 0.2) is 30.3 Å². The van der Waals surface area contributed by atoms with Gasteiger partial charge in [-0.05, 0) is 18.4 Å². The molecule has 7 heteroatoms. The third kappa shape index (κ3) is 4.42. The summed E-state index contributed by atoms with van der Waals surface area (Å²) in [6, 6.07) is 9.31. The minimum atomic E-state index is -0.927. The smallest absolute Gasteiger partial charge is 0.407 e. The summed E-state index contributed by atoms with van der Waals surface area (Å²) in [6.45, 7) is 0.839. The number of nitrogens with zero attached hydrogens (tertiary/aromatic N) is 2. The van der Waals surface area contributed by atoms with E-state index in [1.165, 1.54) is 4.90 Å². The van der Waals surface area contributed by atoms with E-state index in [0.29, 0.717) is 32.4 Å². The SMILES string of the molecule is O=C(O)N1CCC(NC(Cc2ccccc2)[N+](=O)[O-])CC1. The summed E-state index contributed by atoms with van der Waals surface area (Å²) in [6.07, 6.45) is -0.235. The summed E-state index contributed by atoms with van der Waals surface area (Å²) in [5.74, 6) is 0. The molecule has 21 heavy (non-hydrogen) atoms. The highest BCUT2D eigenvalue weighted by molar-refractivity contribution is 5.65. The van der Waals surface area contributed by atoms with Gasteiger partial charge in [-0.1, -0.05) is 30.3 Å². The molecule has 1 aliphatic heterocycles. The number of piperidine rings is 1. The first-order valence-corrected chi connectivity index (χ1v) is 6.97. The van der Waals surface area contributed by atoms with Crippen molar-refractivity contribution in [1.82, 2.24) is 10.2 Å². The Kier molecular flexibility index (Phi) is 5.10. The maximum Gasteiger partial charge on any atom is 0.407 e. The molecule has 2 N–H and O–H groups in total. The third-order valence-electron chi connectivity index (χ3n) is 3.72. The minimum absolute atomic E-state index is 0.0142. The molecule has 1 atom stereocenters. The fourth-order valence-electron chi connectivity index (χ4n) is 2.54. The lowest BCUT2D eigenvalue weighted by Gasteiger charge is -2.31. The molecule has 1 saturated heterocycles. The summed E-state index contributed by atoms with van der Waals surface area (Å²) in [5, 5.41) is 23.1. The molecular formula is C14H19N3O4. The van der Waals surface area contributed by atoms with E-state index in [0.717, 1.165) is 5.56 Å². The first kappa shape index (κ1) is 15.2. The van der Waals surface area contributed by atoms with Gasteiger partial charge in [0.05, 0.1) is 6.42 Å². The normalized spacial score (nSPS) is 17.4. The van der Waals surface area contributed by atoms with Crippen molar-refractivity contribution < 1.29 is 14.8 Å². The van der Waals surface area contributed by atoms with Crippen LogP contribution < -0.4 is 5.32 Å². The zero-order valence-corrected chi connectivity index (χ0v) is 11.6. The number of nitrogens with one attached hydrogen (secondary N) is 1. The molecule has 7 nitrogen and oxygen atoms in total. The van der Waals surface area contributed by atoms with E-state index in [9.17, 15) is 14.9 Å². The standard InChI is InChI=1S/C14H19N3O4/c18-14(19)16-8-6-12(7-9-16)15-13(17(20)21)10-11-4-2-1-3-5-11/h1-5,12-13,15H,6-10H2,(H,18,19). The first-order chi connectivity index (χ1) is 10.1. The van der Waals surface area contributed by atoms with E-state index in [1.54, 1.807) is 0 Å². The van der Waals surface area contributed by atoms with Crippen LogP contribution in [-0.2, 0) is 6.42 Å². The predicted octanol–water partition coefficient (Wildman–Crippen LogP) is 1.56. The number of carbonyl (C=O) groups is 1. The Morgan fingerprint density at radius 3 is 2.52 bits per heavy atom. The molecular weight excluding hydrogens is 274 g/mol. The fourth-order valence-corrected chi connectivity index (χ4v) is 2.54. The average Bonchev–Trinajstić information content (AvgIpc) is 2.48. The second kappa shape index (κ2) is 7.03. The minimum Gasteiger partial charge on any atom is -0.465 e.